The first-order valence-corrected chi connectivity index (χ1v) is 22.8. The minimum absolute atomic E-state index is 0.00282. The number of pyridine rings is 1. The minimum atomic E-state index is -1.84. The van der Waals surface area contributed by atoms with Gasteiger partial charge in [-0.3, -0.25) is 29.4 Å². The molecule has 7 heterocycles. The van der Waals surface area contributed by atoms with Gasteiger partial charge in [0.05, 0.1) is 62.3 Å². The van der Waals surface area contributed by atoms with Crippen LogP contribution in [0.1, 0.15) is 87.8 Å². The maximum atomic E-state index is 14.7. The van der Waals surface area contributed by atoms with Crippen LogP contribution in [0.2, 0.25) is 0 Å². The number of anilines is 4. The van der Waals surface area contributed by atoms with Crippen molar-refractivity contribution in [3.05, 3.63) is 107 Å². The van der Waals surface area contributed by atoms with Crippen LogP contribution in [-0.4, -0.2) is 130 Å². The summed E-state index contributed by atoms with van der Waals surface area (Å²) in [5.74, 6) is -1.58. The molecule has 358 valence electrons. The van der Waals surface area contributed by atoms with Gasteiger partial charge >= 0.3 is 0 Å². The topological polar surface area (TPSA) is 188 Å². The van der Waals surface area contributed by atoms with Gasteiger partial charge in [-0.05, 0) is 93.1 Å². The van der Waals surface area contributed by atoms with Crippen molar-refractivity contribution in [2.75, 3.05) is 73.5 Å². The maximum Gasteiger partial charge on any atom is 0.274 e. The third kappa shape index (κ3) is 10.2. The van der Waals surface area contributed by atoms with E-state index in [4.69, 9.17) is 14.5 Å². The molecule has 3 fully saturated rings. The van der Waals surface area contributed by atoms with Gasteiger partial charge in [0, 0.05) is 49.7 Å². The predicted octanol–water partition coefficient (Wildman–Crippen LogP) is 5.87. The number of amides is 4. The molecule has 3 saturated heterocycles. The molecule has 4 aliphatic rings. The second kappa shape index (κ2) is 20.7. The second-order valence-corrected chi connectivity index (χ2v) is 17.1. The van der Waals surface area contributed by atoms with E-state index >= 15 is 0 Å². The summed E-state index contributed by atoms with van der Waals surface area (Å²) in [7, 11) is 0. The monoisotopic (exact) mass is 941 g/mol. The molecule has 0 aliphatic carbocycles. The number of halogens is 4. The highest BCUT2D eigenvalue weighted by atomic mass is 19.2. The van der Waals surface area contributed by atoms with Crippen LogP contribution in [0.3, 0.4) is 0 Å². The van der Waals surface area contributed by atoms with E-state index in [9.17, 15) is 36.7 Å². The van der Waals surface area contributed by atoms with E-state index in [2.05, 4.69) is 31.3 Å². The summed E-state index contributed by atoms with van der Waals surface area (Å²) in [6.45, 7) is 3.27. The predicted molar refractivity (Wildman–Crippen MR) is 242 cm³/mol. The molecule has 5 aromatic rings. The van der Waals surface area contributed by atoms with Crippen molar-refractivity contribution >= 4 is 52.3 Å². The summed E-state index contributed by atoms with van der Waals surface area (Å²) in [6.07, 6.45) is 2.90. The van der Waals surface area contributed by atoms with Gasteiger partial charge in [0.25, 0.3) is 17.7 Å². The molecule has 0 radical (unpaired) electrons. The lowest BCUT2D eigenvalue weighted by Gasteiger charge is -2.34. The van der Waals surface area contributed by atoms with Crippen molar-refractivity contribution in [2.45, 2.75) is 75.7 Å². The first kappa shape index (κ1) is 46.4. The van der Waals surface area contributed by atoms with Crippen molar-refractivity contribution in [3.63, 3.8) is 0 Å². The third-order valence-corrected chi connectivity index (χ3v) is 12.7. The Morgan fingerprint density at radius 2 is 1.65 bits per heavy atom. The molecule has 0 bridgehead atoms. The smallest absolute Gasteiger partial charge is 0.274 e. The van der Waals surface area contributed by atoms with Crippen LogP contribution in [0.15, 0.2) is 73.1 Å². The van der Waals surface area contributed by atoms with E-state index in [1.165, 1.54) is 22.8 Å². The van der Waals surface area contributed by atoms with Gasteiger partial charge in [-0.25, -0.2) is 32.0 Å². The van der Waals surface area contributed by atoms with Crippen molar-refractivity contribution in [1.29, 1.82) is 0 Å². The Morgan fingerprint density at radius 1 is 0.838 bits per heavy atom. The number of benzene rings is 2. The summed E-state index contributed by atoms with van der Waals surface area (Å²) < 4.78 is 69.7. The van der Waals surface area contributed by atoms with Crippen LogP contribution in [0.4, 0.5) is 40.6 Å². The number of carbonyl (C=O) groups is 4. The standard InChI is InChI=1S/C47H51F4N11O6/c48-28-6-9-34(49)33(25-28)37-4-2-17-60(37)41-14-20-61-44(58-41)36(27-53-61)56-45(64)35-3-1-5-40(55-35)54-29-12-18-59(19-13-29)42(63)15-21-67-23-24-68-22-16-52-30-7-8-31-32(26-30)47(66)62(46(31)65)38-10-11-39(50)57-43(38)51/h1,3,5-9,14,20,25-27,29,37-39,43,52,57H,2,4,10-13,15-19,21-24H2,(H,54,55)(H,56,64). The first-order valence-electron chi connectivity index (χ1n) is 22.8. The molecule has 0 spiro atoms. The van der Waals surface area contributed by atoms with Crippen LogP contribution in [-0.2, 0) is 14.3 Å². The molecule has 4 aliphatic heterocycles. The van der Waals surface area contributed by atoms with Crippen LogP contribution < -0.4 is 26.2 Å². The normalized spacial score (nSPS) is 20.9. The van der Waals surface area contributed by atoms with E-state index < -0.39 is 54.0 Å². The molecule has 68 heavy (non-hydrogen) atoms. The van der Waals surface area contributed by atoms with Crippen molar-refractivity contribution < 1.29 is 46.2 Å². The first-order chi connectivity index (χ1) is 33.0. The maximum absolute atomic E-state index is 14.7. The number of likely N-dealkylation sites (tertiary alicyclic amines) is 1. The lowest BCUT2D eigenvalue weighted by atomic mass is 10.0. The third-order valence-electron chi connectivity index (χ3n) is 12.7. The lowest BCUT2D eigenvalue weighted by molar-refractivity contribution is -0.133. The molecule has 4 atom stereocenters. The number of ether oxygens (including phenoxy) is 2. The van der Waals surface area contributed by atoms with Gasteiger partial charge < -0.3 is 35.2 Å². The average molecular weight is 942 g/mol. The summed E-state index contributed by atoms with van der Waals surface area (Å²) >= 11 is 0. The van der Waals surface area contributed by atoms with Gasteiger partial charge in [-0.1, -0.05) is 6.07 Å². The summed E-state index contributed by atoms with van der Waals surface area (Å²) in [6, 6.07) is 13.6. The number of nitrogens with one attached hydrogen (secondary N) is 4. The minimum Gasteiger partial charge on any atom is -0.383 e. The lowest BCUT2D eigenvalue weighted by Crippen LogP contribution is -2.55. The zero-order chi connectivity index (χ0) is 47.3. The van der Waals surface area contributed by atoms with Gasteiger partial charge in [0.2, 0.25) is 5.91 Å². The molecule has 4 amide bonds. The number of hydrogen-bond acceptors (Lipinski definition) is 13. The Labute approximate surface area is 388 Å². The molecular weight excluding hydrogens is 891 g/mol. The number of hydrogen-bond donors (Lipinski definition) is 4. The number of carbonyl (C=O) groups excluding carboxylic acids is 4. The number of fused-ring (bicyclic) bond motifs is 2. The van der Waals surface area contributed by atoms with Crippen LogP contribution in [0.25, 0.3) is 5.65 Å². The fourth-order valence-electron chi connectivity index (χ4n) is 9.22. The Bertz CT molecular complexity index is 2670. The zero-order valence-corrected chi connectivity index (χ0v) is 37.0. The molecule has 17 nitrogen and oxygen atoms in total. The quantitative estimate of drug-likeness (QED) is 0.0376. The highest BCUT2D eigenvalue weighted by molar-refractivity contribution is 6.22. The van der Waals surface area contributed by atoms with E-state index in [1.807, 2.05) is 9.80 Å². The molecule has 4 unspecified atom stereocenters. The highest BCUT2D eigenvalue weighted by Gasteiger charge is 2.45. The number of imide groups is 1. The molecule has 3 aromatic heterocycles. The van der Waals surface area contributed by atoms with E-state index in [1.54, 1.807) is 42.6 Å². The van der Waals surface area contributed by atoms with Crippen molar-refractivity contribution in [3.8, 4) is 0 Å². The van der Waals surface area contributed by atoms with Crippen LogP contribution in [0, 0.1) is 11.6 Å². The number of aromatic nitrogens is 4. The van der Waals surface area contributed by atoms with Crippen molar-refractivity contribution in [1.82, 2.24) is 34.7 Å². The average Bonchev–Trinajstić information content (AvgIpc) is 4.05. The largest absolute Gasteiger partial charge is 0.383 e. The van der Waals surface area contributed by atoms with Gasteiger partial charge in [0.15, 0.2) is 18.2 Å². The van der Waals surface area contributed by atoms with Gasteiger partial charge in [-0.15, -0.1) is 0 Å². The summed E-state index contributed by atoms with van der Waals surface area (Å²) in [5, 5.41) is 15.9. The Hall–Kier alpha value is -6.71. The van der Waals surface area contributed by atoms with E-state index in [-0.39, 0.29) is 60.2 Å². The zero-order valence-electron chi connectivity index (χ0n) is 37.0. The molecule has 9 rings (SSSR count). The van der Waals surface area contributed by atoms with Crippen LogP contribution >= 0.6 is 0 Å². The summed E-state index contributed by atoms with van der Waals surface area (Å²) in [5.41, 5.74) is 2.14. The number of nitrogens with zero attached hydrogens (tertiary/aromatic N) is 7. The molecule has 21 heteroatoms. The Morgan fingerprint density at radius 3 is 2.47 bits per heavy atom. The Kier molecular flexibility index (Phi) is 14.1. The molecule has 0 saturated carbocycles. The Balaban J connectivity index is 0.663. The van der Waals surface area contributed by atoms with E-state index in [0.717, 1.165) is 23.5 Å². The molecular formula is C47H51F4N11O6. The summed E-state index contributed by atoms with van der Waals surface area (Å²) in [4.78, 5) is 66.3. The fraction of sp³-hybridized carbons (Fsp3) is 0.426. The van der Waals surface area contributed by atoms with E-state index in [0.29, 0.717) is 93.9 Å². The molecule has 2 aromatic carbocycles. The van der Waals surface area contributed by atoms with Gasteiger partial charge in [-0.2, -0.15) is 5.10 Å². The SMILES string of the molecule is O=C(Nc1cnn2ccc(N3CCCC3c3cc(F)ccc3F)nc12)c1cccc(NC2CCN(C(=O)CCOCCOCCNc3ccc4c(c3)C(=O)N(C3CCC(F)NC3F)C4=O)CC2)n1. The molecule has 4 N–H and O–H groups in total. The number of piperidine rings is 2. The number of rotatable bonds is 17. The number of alkyl halides is 2. The fourth-order valence-corrected chi connectivity index (χ4v) is 9.22. The van der Waals surface area contributed by atoms with Crippen molar-refractivity contribution in [2.24, 2.45) is 0 Å². The van der Waals surface area contributed by atoms with Crippen LogP contribution in [0.5, 0.6) is 0 Å². The van der Waals surface area contributed by atoms with Gasteiger partial charge in [0.1, 0.15) is 34.7 Å². The highest BCUT2D eigenvalue weighted by Crippen LogP contribution is 2.37. The second-order valence-electron chi connectivity index (χ2n) is 17.1.